The van der Waals surface area contributed by atoms with Crippen LogP contribution in [0, 0.1) is 17.8 Å². The Kier molecular flexibility index (Phi) is 10.2. The van der Waals surface area contributed by atoms with Gasteiger partial charge in [-0.15, -0.1) is 16.1 Å². The molecular weight excluding hydrogens is 732 g/mol. The summed E-state index contributed by atoms with van der Waals surface area (Å²) in [6, 6.07) is 13.3. The van der Waals surface area contributed by atoms with E-state index in [-0.39, 0.29) is 16.8 Å². The first-order valence-electron chi connectivity index (χ1n) is 18.6. The normalized spacial score (nSPS) is 31.8. The lowest BCUT2D eigenvalue weighted by molar-refractivity contribution is 0.0134. The number of benzene rings is 2. The number of hydrogen-bond donors (Lipinski definition) is 1. The number of hydrogen-bond acceptors (Lipinski definition) is 8. The number of aromatic nitrogens is 1. The molecule has 0 saturated heterocycles. The van der Waals surface area contributed by atoms with E-state index in [2.05, 4.69) is 38.3 Å². The molecule has 2 amide bonds. The van der Waals surface area contributed by atoms with E-state index in [1.807, 2.05) is 41.5 Å². The van der Waals surface area contributed by atoms with Crippen LogP contribution in [0.2, 0.25) is 5.02 Å². The molecule has 282 valence electrons. The number of halogens is 1. The van der Waals surface area contributed by atoms with Crippen molar-refractivity contribution in [3.8, 4) is 5.75 Å². The Balaban J connectivity index is 1.20. The third kappa shape index (κ3) is 7.06. The van der Waals surface area contributed by atoms with E-state index in [1.165, 1.54) is 11.1 Å². The molecule has 1 N–H and O–H groups in total. The molecule has 1 fully saturated rings. The van der Waals surface area contributed by atoms with Crippen LogP contribution in [0.3, 0.4) is 0 Å². The molecule has 1 aromatic heterocycles. The number of thioether (sulfide) groups is 1. The van der Waals surface area contributed by atoms with Crippen LogP contribution in [0.15, 0.2) is 65.2 Å². The standard InChI is InChI=1S/C40H47ClN4O6S2/c1-25-5-4-6-36(49-3)33-10-7-29(33)20-45-23-40(34-11-9-31(41)17-27(34)13-16-52-40)24-51-37-12-8-28(19-35(37)45)38(46)42-53(48,26(25)2)43-39(47)30-18-32-22-50-15-14-44(32)21-30/h4,6,8-9,11-12,17-19,21,25-26,29,33,36H,5,7,10,13-16,20,22-24H2,1-3H3,(H,42,43,46,47,48)/b6-4-/t25-,26+,29-,33+,36-,40+,53?/m0/s1. The van der Waals surface area contributed by atoms with E-state index < -0.39 is 27.0 Å². The number of nitrogens with one attached hydrogen (secondary N) is 1. The summed E-state index contributed by atoms with van der Waals surface area (Å²) in [5.74, 6) is 0.988. The summed E-state index contributed by atoms with van der Waals surface area (Å²) in [5.41, 5.74) is 4.81. The molecule has 8 rings (SSSR count). The maximum absolute atomic E-state index is 15.0. The quantitative estimate of drug-likeness (QED) is 0.282. The van der Waals surface area contributed by atoms with Crippen LogP contribution in [-0.2, 0) is 43.7 Å². The zero-order valence-corrected chi connectivity index (χ0v) is 32.8. The van der Waals surface area contributed by atoms with E-state index in [4.69, 9.17) is 25.8 Å². The summed E-state index contributed by atoms with van der Waals surface area (Å²) < 4.78 is 42.0. The second-order valence-electron chi connectivity index (χ2n) is 15.2. The number of methoxy groups -OCH3 is 1. The minimum Gasteiger partial charge on any atom is -0.490 e. The third-order valence-corrected chi connectivity index (χ3v) is 16.0. The fourth-order valence-corrected chi connectivity index (χ4v) is 12.0. The summed E-state index contributed by atoms with van der Waals surface area (Å²) in [6.07, 6.45) is 9.57. The molecule has 13 heteroatoms. The van der Waals surface area contributed by atoms with Gasteiger partial charge in [-0.05, 0) is 104 Å². The molecule has 1 unspecified atom stereocenters. The Morgan fingerprint density at radius 3 is 2.83 bits per heavy atom. The molecule has 4 aliphatic heterocycles. The van der Waals surface area contributed by atoms with Crippen LogP contribution in [0.1, 0.15) is 70.6 Å². The van der Waals surface area contributed by atoms with Gasteiger partial charge in [-0.1, -0.05) is 36.7 Å². The van der Waals surface area contributed by atoms with Gasteiger partial charge in [-0.25, -0.2) is 4.21 Å². The summed E-state index contributed by atoms with van der Waals surface area (Å²) in [5, 5.41) is 0.0822. The number of ether oxygens (including phenoxy) is 3. The molecule has 2 aromatic carbocycles. The van der Waals surface area contributed by atoms with Gasteiger partial charge >= 0.3 is 0 Å². The third-order valence-electron chi connectivity index (χ3n) is 12.0. The molecule has 5 heterocycles. The monoisotopic (exact) mass is 778 g/mol. The Hall–Kier alpha value is -3.29. The second-order valence-corrected chi connectivity index (χ2v) is 19.3. The zero-order valence-electron chi connectivity index (χ0n) is 30.4. The predicted octanol–water partition coefficient (Wildman–Crippen LogP) is 7.03. The van der Waals surface area contributed by atoms with Crippen LogP contribution in [0.4, 0.5) is 5.69 Å². The highest BCUT2D eigenvalue weighted by molar-refractivity contribution is 8.00. The van der Waals surface area contributed by atoms with Crippen LogP contribution in [0.25, 0.3) is 0 Å². The zero-order chi connectivity index (χ0) is 36.9. The molecule has 1 saturated carbocycles. The topological polar surface area (TPSA) is 111 Å². The highest BCUT2D eigenvalue weighted by Gasteiger charge is 2.45. The lowest BCUT2D eigenvalue weighted by Gasteiger charge is -2.45. The lowest BCUT2D eigenvalue weighted by Crippen LogP contribution is -2.48. The van der Waals surface area contributed by atoms with E-state index in [1.54, 1.807) is 32.4 Å². The Morgan fingerprint density at radius 1 is 1.17 bits per heavy atom. The lowest BCUT2D eigenvalue weighted by atomic mass is 9.70. The first-order valence-corrected chi connectivity index (χ1v) is 21.5. The van der Waals surface area contributed by atoms with Crippen molar-refractivity contribution in [2.45, 2.75) is 68.8 Å². The molecule has 0 radical (unpaired) electrons. The van der Waals surface area contributed by atoms with E-state index in [9.17, 15) is 13.8 Å². The molecule has 1 spiro atoms. The number of aryl methyl sites for hydroxylation is 1. The number of anilines is 1. The summed E-state index contributed by atoms with van der Waals surface area (Å²) >= 11 is 8.39. The largest absolute Gasteiger partial charge is 0.490 e. The van der Waals surface area contributed by atoms with Gasteiger partial charge in [0.05, 0.1) is 40.6 Å². The maximum atomic E-state index is 15.0. The molecule has 10 nitrogen and oxygen atoms in total. The van der Waals surface area contributed by atoms with Gasteiger partial charge in [0.25, 0.3) is 11.8 Å². The van der Waals surface area contributed by atoms with Crippen molar-refractivity contribution < 1.29 is 28.0 Å². The van der Waals surface area contributed by atoms with Crippen molar-refractivity contribution in [1.82, 2.24) is 9.29 Å². The van der Waals surface area contributed by atoms with E-state index in [0.29, 0.717) is 68.0 Å². The Labute approximate surface area is 321 Å². The van der Waals surface area contributed by atoms with Gasteiger partial charge in [-0.2, -0.15) is 0 Å². The first kappa shape index (κ1) is 36.7. The van der Waals surface area contributed by atoms with Gasteiger partial charge in [-0.3, -0.25) is 14.3 Å². The number of carbonyl (C=O) groups is 2. The summed E-state index contributed by atoms with van der Waals surface area (Å²) in [7, 11) is -1.84. The Morgan fingerprint density at radius 2 is 2.04 bits per heavy atom. The molecule has 2 bridgehead atoms. The van der Waals surface area contributed by atoms with Gasteiger partial charge in [0.1, 0.15) is 22.3 Å². The van der Waals surface area contributed by atoms with Crippen molar-refractivity contribution in [3.05, 3.63) is 93.8 Å². The average Bonchev–Trinajstić information content (AvgIpc) is 3.52. The van der Waals surface area contributed by atoms with Crippen LogP contribution in [0.5, 0.6) is 5.75 Å². The Bertz CT molecular complexity index is 2050. The number of carbonyl (C=O) groups excluding carboxylic acids is 2. The number of nitrogens with zero attached hydrogens (tertiary/aromatic N) is 3. The van der Waals surface area contributed by atoms with Crippen molar-refractivity contribution >= 4 is 50.8 Å². The molecular formula is C40H47ClN4O6S2. The highest BCUT2D eigenvalue weighted by atomic mass is 35.5. The van der Waals surface area contributed by atoms with Crippen LogP contribution < -0.4 is 14.4 Å². The number of amides is 2. The SMILES string of the molecule is CO[C@H]1/C=C\C[C@H](C)[C@@H](C)S(=O)(NC(=O)c2cc3n(c2)CCOC3)=NC(=O)c2ccc3c(c2)N(C[C@@H]2CC[C@H]21)C[C@]1(CO3)SCCc2cc(Cl)ccc21. The first-order chi connectivity index (χ1) is 25.6. The van der Waals surface area contributed by atoms with E-state index >= 15 is 0 Å². The van der Waals surface area contributed by atoms with Gasteiger partial charge in [0.2, 0.25) is 0 Å². The van der Waals surface area contributed by atoms with Crippen LogP contribution in [-0.4, -0.2) is 71.1 Å². The molecule has 7 atom stereocenters. The molecule has 5 aliphatic rings. The predicted molar refractivity (Wildman–Crippen MR) is 209 cm³/mol. The highest BCUT2D eigenvalue weighted by Crippen LogP contribution is 2.49. The second kappa shape index (κ2) is 14.7. The molecule has 1 aliphatic carbocycles. The van der Waals surface area contributed by atoms with Gasteiger partial charge in [0.15, 0.2) is 0 Å². The number of fused-ring (bicyclic) bond motifs is 5. The molecule has 53 heavy (non-hydrogen) atoms. The van der Waals surface area contributed by atoms with Crippen molar-refractivity contribution in [2.75, 3.05) is 44.1 Å². The number of rotatable bonds is 3. The molecule has 3 aromatic rings. The fraction of sp³-hybridized carbons (Fsp3) is 0.500. The van der Waals surface area contributed by atoms with Crippen LogP contribution >= 0.6 is 23.4 Å². The average molecular weight is 779 g/mol. The maximum Gasteiger partial charge on any atom is 0.286 e. The minimum atomic E-state index is -3.61. The van der Waals surface area contributed by atoms with Crippen molar-refractivity contribution in [1.29, 1.82) is 0 Å². The smallest absolute Gasteiger partial charge is 0.286 e. The summed E-state index contributed by atoms with van der Waals surface area (Å²) in [6.45, 7) is 7.28. The van der Waals surface area contributed by atoms with Gasteiger partial charge in [0, 0.05) is 49.2 Å². The van der Waals surface area contributed by atoms with Crippen molar-refractivity contribution in [3.63, 3.8) is 0 Å². The minimum absolute atomic E-state index is 0.0701. The van der Waals surface area contributed by atoms with E-state index in [0.717, 1.165) is 48.0 Å². The van der Waals surface area contributed by atoms with Gasteiger partial charge < -0.3 is 23.7 Å². The summed E-state index contributed by atoms with van der Waals surface area (Å²) in [4.78, 5) is 30.3. The van der Waals surface area contributed by atoms with Crippen molar-refractivity contribution in [2.24, 2.45) is 22.1 Å². The fourth-order valence-electron chi connectivity index (χ4n) is 8.49. The number of allylic oxidation sites excluding steroid dienone is 1.